The van der Waals surface area contributed by atoms with Gasteiger partial charge in [-0.3, -0.25) is 4.79 Å². The van der Waals surface area contributed by atoms with Gasteiger partial charge in [0.25, 0.3) is 5.91 Å². The summed E-state index contributed by atoms with van der Waals surface area (Å²) in [5.41, 5.74) is 1.72. The zero-order chi connectivity index (χ0) is 14.0. The molecule has 2 N–H and O–H groups in total. The minimum absolute atomic E-state index is 0.0933. The van der Waals surface area contributed by atoms with Crippen molar-refractivity contribution in [1.29, 1.82) is 0 Å². The van der Waals surface area contributed by atoms with Crippen LogP contribution in [0.5, 0.6) is 0 Å². The van der Waals surface area contributed by atoms with Gasteiger partial charge in [-0.1, -0.05) is 6.07 Å². The molecule has 0 aliphatic heterocycles. The molecule has 0 bridgehead atoms. The highest BCUT2D eigenvalue weighted by atomic mass is 79.9. The molecule has 0 unspecified atom stereocenters. The topological polar surface area (TPSA) is 79.3 Å². The smallest absolute Gasteiger partial charge is 0.365 e. The van der Waals surface area contributed by atoms with Crippen LogP contribution < -0.4 is 5.32 Å². The van der Waals surface area contributed by atoms with E-state index in [1.165, 1.54) is 5.38 Å². The first kappa shape index (κ1) is 13.7. The van der Waals surface area contributed by atoms with Crippen LogP contribution in [0.15, 0.2) is 28.1 Å². The predicted octanol–water partition coefficient (Wildman–Crippen LogP) is 3.16. The van der Waals surface area contributed by atoms with Gasteiger partial charge in [-0.25, -0.2) is 9.78 Å². The fourth-order valence-electron chi connectivity index (χ4n) is 1.40. The lowest BCUT2D eigenvalue weighted by molar-refractivity contribution is 0.0696. The Morgan fingerprint density at radius 3 is 2.79 bits per heavy atom. The summed E-state index contributed by atoms with van der Waals surface area (Å²) in [4.78, 5) is 26.4. The maximum atomic E-state index is 11.9. The molecule has 0 aliphatic rings. The summed E-state index contributed by atoms with van der Waals surface area (Å²) < 4.78 is 0.750. The van der Waals surface area contributed by atoms with Gasteiger partial charge in [0.05, 0.1) is 5.69 Å². The van der Waals surface area contributed by atoms with Crippen LogP contribution in [-0.4, -0.2) is 22.0 Å². The molecule has 2 aromatic rings. The molecule has 1 aromatic heterocycles. The molecule has 7 heteroatoms. The first-order valence-electron chi connectivity index (χ1n) is 5.23. The molecule has 2 rings (SSSR count). The quantitative estimate of drug-likeness (QED) is 0.899. The SMILES string of the molecule is Cc1ccc(Br)c(NC(=O)c2csc(C(=O)O)n2)c1. The van der Waals surface area contributed by atoms with Gasteiger partial charge in [-0.2, -0.15) is 0 Å². The second kappa shape index (κ2) is 5.50. The molecule has 98 valence electrons. The van der Waals surface area contributed by atoms with Gasteiger partial charge in [-0.15, -0.1) is 11.3 Å². The van der Waals surface area contributed by atoms with E-state index in [4.69, 9.17) is 5.11 Å². The summed E-state index contributed by atoms with van der Waals surface area (Å²) in [5, 5.41) is 12.8. The predicted molar refractivity (Wildman–Crippen MR) is 75.9 cm³/mol. The molecule has 5 nitrogen and oxygen atoms in total. The summed E-state index contributed by atoms with van der Waals surface area (Å²) in [6.45, 7) is 1.91. The largest absolute Gasteiger partial charge is 0.476 e. The van der Waals surface area contributed by atoms with E-state index >= 15 is 0 Å². The van der Waals surface area contributed by atoms with Crippen LogP contribution in [0.25, 0.3) is 0 Å². The zero-order valence-corrected chi connectivity index (χ0v) is 12.2. The molecule has 0 saturated heterocycles. The minimum atomic E-state index is -1.14. The number of aromatic carboxylic acids is 1. The van der Waals surface area contributed by atoms with E-state index in [0.717, 1.165) is 21.4 Å². The van der Waals surface area contributed by atoms with Crippen molar-refractivity contribution >= 4 is 44.8 Å². The summed E-state index contributed by atoms with van der Waals surface area (Å²) in [5.74, 6) is -1.57. The molecule has 19 heavy (non-hydrogen) atoms. The molecule has 0 fully saturated rings. The number of carboxylic acid groups (broad SMARTS) is 1. The number of nitrogens with one attached hydrogen (secondary N) is 1. The van der Waals surface area contributed by atoms with Gasteiger partial charge in [-0.05, 0) is 40.5 Å². The molecular weight excluding hydrogens is 332 g/mol. The Bertz CT molecular complexity index is 654. The number of carbonyl (C=O) groups excluding carboxylic acids is 1. The number of aromatic nitrogens is 1. The molecule has 0 spiro atoms. The second-order valence-corrected chi connectivity index (χ2v) is 5.49. The summed E-state index contributed by atoms with van der Waals surface area (Å²) >= 11 is 4.25. The lowest BCUT2D eigenvalue weighted by Crippen LogP contribution is -2.13. The number of hydrogen-bond donors (Lipinski definition) is 2. The maximum Gasteiger partial charge on any atom is 0.365 e. The van der Waals surface area contributed by atoms with Gasteiger partial charge >= 0.3 is 5.97 Å². The molecule has 0 aliphatic carbocycles. The maximum absolute atomic E-state index is 11.9. The van der Waals surface area contributed by atoms with Gasteiger partial charge in [0.2, 0.25) is 5.01 Å². The van der Waals surface area contributed by atoms with Crippen molar-refractivity contribution in [2.24, 2.45) is 0 Å². The van der Waals surface area contributed by atoms with Crippen molar-refractivity contribution in [3.63, 3.8) is 0 Å². The second-order valence-electron chi connectivity index (χ2n) is 3.78. The molecular formula is C12H9BrN2O3S. The van der Waals surface area contributed by atoms with Gasteiger partial charge in [0, 0.05) is 9.85 Å². The standard InChI is InChI=1S/C12H9BrN2O3S/c1-6-2-3-7(13)8(4-6)14-10(16)9-5-19-11(15-9)12(17)18/h2-5H,1H3,(H,14,16)(H,17,18). The van der Waals surface area contributed by atoms with Gasteiger partial charge in [0.1, 0.15) is 5.69 Å². The first-order valence-corrected chi connectivity index (χ1v) is 6.91. The summed E-state index contributed by atoms with van der Waals surface area (Å²) in [6, 6.07) is 5.55. The van der Waals surface area contributed by atoms with Crippen LogP contribution in [0.3, 0.4) is 0 Å². The number of carboxylic acids is 1. The van der Waals surface area contributed by atoms with Crippen LogP contribution in [0, 0.1) is 6.92 Å². The fraction of sp³-hybridized carbons (Fsp3) is 0.0833. The number of anilines is 1. The number of nitrogens with zero attached hydrogens (tertiary/aromatic N) is 1. The Hall–Kier alpha value is -1.73. The Balaban J connectivity index is 2.20. The van der Waals surface area contributed by atoms with Crippen molar-refractivity contribution in [2.75, 3.05) is 5.32 Å². The van der Waals surface area contributed by atoms with Crippen molar-refractivity contribution in [2.45, 2.75) is 6.92 Å². The average Bonchev–Trinajstić information content (AvgIpc) is 2.83. The van der Waals surface area contributed by atoms with Gasteiger partial charge in [0.15, 0.2) is 0 Å². The van der Waals surface area contributed by atoms with Crippen molar-refractivity contribution in [3.8, 4) is 0 Å². The van der Waals surface area contributed by atoms with Crippen LogP contribution in [-0.2, 0) is 0 Å². The third kappa shape index (κ3) is 3.18. The number of halogens is 1. The molecule has 0 saturated carbocycles. The van der Waals surface area contributed by atoms with Gasteiger partial charge < -0.3 is 10.4 Å². The lowest BCUT2D eigenvalue weighted by atomic mass is 10.2. The molecule has 1 amide bonds. The van der Waals surface area contributed by atoms with E-state index in [0.29, 0.717) is 5.69 Å². The highest BCUT2D eigenvalue weighted by Crippen LogP contribution is 2.24. The number of thiazole rings is 1. The van der Waals surface area contributed by atoms with Crippen molar-refractivity contribution in [1.82, 2.24) is 4.98 Å². The van der Waals surface area contributed by atoms with Crippen molar-refractivity contribution in [3.05, 3.63) is 44.3 Å². The van der Waals surface area contributed by atoms with E-state index in [-0.39, 0.29) is 10.7 Å². The highest BCUT2D eigenvalue weighted by molar-refractivity contribution is 9.10. The molecule has 0 atom stereocenters. The number of aryl methyl sites for hydroxylation is 1. The first-order chi connectivity index (χ1) is 8.97. The molecule has 1 aromatic carbocycles. The van der Waals surface area contributed by atoms with Crippen LogP contribution in [0.2, 0.25) is 0 Å². The third-order valence-corrected chi connectivity index (χ3v) is 3.81. The Morgan fingerprint density at radius 2 is 2.16 bits per heavy atom. The average molecular weight is 341 g/mol. The van der Waals surface area contributed by atoms with E-state index in [9.17, 15) is 9.59 Å². The van der Waals surface area contributed by atoms with Crippen LogP contribution in [0.4, 0.5) is 5.69 Å². The Morgan fingerprint density at radius 1 is 1.42 bits per heavy atom. The highest BCUT2D eigenvalue weighted by Gasteiger charge is 2.15. The van der Waals surface area contributed by atoms with Crippen molar-refractivity contribution < 1.29 is 14.7 Å². The fourth-order valence-corrected chi connectivity index (χ4v) is 2.38. The van der Waals surface area contributed by atoms with E-state index < -0.39 is 11.9 Å². The number of amides is 1. The molecule has 1 heterocycles. The molecule has 0 radical (unpaired) electrons. The van der Waals surface area contributed by atoms with E-state index in [1.54, 1.807) is 0 Å². The lowest BCUT2D eigenvalue weighted by Gasteiger charge is -2.06. The zero-order valence-electron chi connectivity index (χ0n) is 9.81. The van der Waals surface area contributed by atoms with Crippen LogP contribution in [0.1, 0.15) is 25.9 Å². The Labute approximate surface area is 121 Å². The van der Waals surface area contributed by atoms with E-state index in [1.807, 2.05) is 25.1 Å². The Kier molecular flexibility index (Phi) is 3.96. The minimum Gasteiger partial charge on any atom is -0.476 e. The number of benzene rings is 1. The number of hydrogen-bond acceptors (Lipinski definition) is 4. The van der Waals surface area contributed by atoms with Crippen LogP contribution >= 0.6 is 27.3 Å². The monoisotopic (exact) mass is 340 g/mol. The number of carbonyl (C=O) groups is 2. The third-order valence-electron chi connectivity index (χ3n) is 2.29. The number of rotatable bonds is 3. The summed E-state index contributed by atoms with van der Waals surface area (Å²) in [6.07, 6.45) is 0. The normalized spacial score (nSPS) is 10.2. The van der Waals surface area contributed by atoms with E-state index in [2.05, 4.69) is 26.2 Å². The summed E-state index contributed by atoms with van der Waals surface area (Å²) in [7, 11) is 0.